The molecule has 0 saturated heterocycles. The number of nitrogens with zero attached hydrogens (tertiary/aromatic N) is 2. The van der Waals surface area contributed by atoms with Crippen LogP contribution in [0, 0.1) is 0 Å². The third-order valence-electron chi connectivity index (χ3n) is 4.75. The highest BCUT2D eigenvalue weighted by Gasteiger charge is 2.26. The molecule has 0 bridgehead atoms. The van der Waals surface area contributed by atoms with Gasteiger partial charge in [0.25, 0.3) is 0 Å². The van der Waals surface area contributed by atoms with Gasteiger partial charge in [0.15, 0.2) is 11.5 Å². The van der Waals surface area contributed by atoms with Crippen LogP contribution in [-0.2, 0) is 7.05 Å². The second-order valence-corrected chi connectivity index (χ2v) is 7.49. The minimum atomic E-state index is -0.121. The smallest absolute Gasteiger partial charge is 0.227 e. The number of aryl methyl sites for hydroxylation is 1. The minimum absolute atomic E-state index is 0.121. The summed E-state index contributed by atoms with van der Waals surface area (Å²) in [7, 11) is 1.99. The van der Waals surface area contributed by atoms with Crippen molar-refractivity contribution in [3.8, 4) is 22.8 Å². The fourth-order valence-electron chi connectivity index (χ4n) is 3.41. The number of carbonyl (C=O) groups excluding carboxylic acids is 1. The van der Waals surface area contributed by atoms with E-state index in [4.69, 9.17) is 4.42 Å². The Labute approximate surface area is 165 Å². The summed E-state index contributed by atoms with van der Waals surface area (Å²) in [6.45, 7) is 0. The average Bonchev–Trinajstić information content (AvgIpc) is 3.48. The van der Waals surface area contributed by atoms with Gasteiger partial charge in [0.05, 0.1) is 4.88 Å². The number of ketones is 1. The van der Waals surface area contributed by atoms with E-state index in [1.54, 1.807) is 0 Å². The molecule has 5 heteroatoms. The summed E-state index contributed by atoms with van der Waals surface area (Å²) in [6.07, 6.45) is 1.99. The highest BCUT2D eigenvalue weighted by atomic mass is 32.1. The SMILES string of the molecule is Cn1cc(-c2oc(-c3ccccc3)nc2C(=O)c2cccs2)c2ccccc21. The van der Waals surface area contributed by atoms with Crippen molar-refractivity contribution in [3.63, 3.8) is 0 Å². The molecule has 0 saturated carbocycles. The molecule has 0 aliphatic rings. The van der Waals surface area contributed by atoms with E-state index >= 15 is 0 Å². The number of aromatic nitrogens is 2. The van der Waals surface area contributed by atoms with Crippen LogP contribution >= 0.6 is 11.3 Å². The number of benzene rings is 2. The Morgan fingerprint density at radius 2 is 1.79 bits per heavy atom. The van der Waals surface area contributed by atoms with Crippen molar-refractivity contribution in [3.05, 3.63) is 88.9 Å². The van der Waals surface area contributed by atoms with E-state index in [1.807, 2.05) is 89.9 Å². The molecular formula is C23H16N2O2S. The summed E-state index contributed by atoms with van der Waals surface area (Å²) in [5.74, 6) is 0.835. The zero-order valence-electron chi connectivity index (χ0n) is 15.1. The van der Waals surface area contributed by atoms with E-state index in [0.717, 1.165) is 22.0 Å². The first-order valence-electron chi connectivity index (χ1n) is 8.91. The van der Waals surface area contributed by atoms with E-state index in [0.29, 0.717) is 22.2 Å². The second-order valence-electron chi connectivity index (χ2n) is 6.54. The van der Waals surface area contributed by atoms with Gasteiger partial charge in [-0.15, -0.1) is 11.3 Å². The molecule has 0 fully saturated rings. The maximum atomic E-state index is 13.2. The highest BCUT2D eigenvalue weighted by molar-refractivity contribution is 7.12. The zero-order chi connectivity index (χ0) is 19.1. The molecule has 0 aliphatic heterocycles. The van der Waals surface area contributed by atoms with Crippen LogP contribution in [0.3, 0.4) is 0 Å². The molecule has 0 spiro atoms. The number of hydrogen-bond acceptors (Lipinski definition) is 4. The van der Waals surface area contributed by atoms with Crippen LogP contribution in [0.15, 0.2) is 82.7 Å². The molecule has 5 aromatic rings. The second kappa shape index (κ2) is 6.62. The summed E-state index contributed by atoms with van der Waals surface area (Å²) >= 11 is 1.41. The van der Waals surface area contributed by atoms with E-state index in [1.165, 1.54) is 11.3 Å². The number of para-hydroxylation sites is 1. The summed E-state index contributed by atoms with van der Waals surface area (Å²) < 4.78 is 8.22. The Morgan fingerprint density at radius 3 is 2.57 bits per heavy atom. The van der Waals surface area contributed by atoms with Gasteiger partial charge in [-0.3, -0.25) is 4.79 Å². The number of thiophene rings is 1. The van der Waals surface area contributed by atoms with Crippen LogP contribution in [0.25, 0.3) is 33.7 Å². The topological polar surface area (TPSA) is 48.0 Å². The molecule has 4 nitrogen and oxygen atoms in total. The zero-order valence-corrected chi connectivity index (χ0v) is 15.9. The van der Waals surface area contributed by atoms with Crippen molar-refractivity contribution in [1.82, 2.24) is 9.55 Å². The summed E-state index contributed by atoms with van der Waals surface area (Å²) in [5, 5.41) is 2.92. The van der Waals surface area contributed by atoms with Crippen molar-refractivity contribution < 1.29 is 9.21 Å². The van der Waals surface area contributed by atoms with Gasteiger partial charge in [-0.2, -0.15) is 0 Å². The predicted octanol–water partition coefficient (Wildman–Crippen LogP) is 5.79. The van der Waals surface area contributed by atoms with Crippen LogP contribution < -0.4 is 0 Å². The summed E-state index contributed by atoms with van der Waals surface area (Å²) in [6, 6.07) is 21.4. The lowest BCUT2D eigenvalue weighted by molar-refractivity contribution is 0.103. The lowest BCUT2D eigenvalue weighted by atomic mass is 10.1. The predicted molar refractivity (Wildman–Crippen MR) is 112 cm³/mol. The van der Waals surface area contributed by atoms with Gasteiger partial charge in [-0.25, -0.2) is 4.98 Å². The van der Waals surface area contributed by atoms with E-state index in [-0.39, 0.29) is 5.78 Å². The Kier molecular flexibility index (Phi) is 3.95. The van der Waals surface area contributed by atoms with Gasteiger partial charge in [0.2, 0.25) is 11.7 Å². The molecule has 5 rings (SSSR count). The first-order chi connectivity index (χ1) is 13.7. The van der Waals surface area contributed by atoms with E-state index in [2.05, 4.69) is 4.98 Å². The van der Waals surface area contributed by atoms with E-state index in [9.17, 15) is 4.79 Å². The third-order valence-corrected chi connectivity index (χ3v) is 5.62. The average molecular weight is 384 g/mol. The number of carbonyl (C=O) groups is 1. The molecule has 0 unspecified atom stereocenters. The minimum Gasteiger partial charge on any atom is -0.435 e. The fraction of sp³-hybridized carbons (Fsp3) is 0.0435. The molecule has 136 valence electrons. The van der Waals surface area contributed by atoms with Crippen LogP contribution in [0.5, 0.6) is 0 Å². The quantitative estimate of drug-likeness (QED) is 0.368. The monoisotopic (exact) mass is 384 g/mol. The van der Waals surface area contributed by atoms with Crippen LogP contribution in [0.2, 0.25) is 0 Å². The Balaban J connectivity index is 1.76. The largest absolute Gasteiger partial charge is 0.435 e. The third kappa shape index (κ3) is 2.68. The number of hydrogen-bond donors (Lipinski definition) is 0. The maximum Gasteiger partial charge on any atom is 0.227 e. The fourth-order valence-corrected chi connectivity index (χ4v) is 4.07. The molecule has 0 radical (unpaired) electrons. The number of rotatable bonds is 4. The normalized spacial score (nSPS) is 11.2. The molecule has 0 atom stereocenters. The van der Waals surface area contributed by atoms with Crippen LogP contribution in [0.1, 0.15) is 15.4 Å². The van der Waals surface area contributed by atoms with Crippen molar-refractivity contribution in [2.75, 3.05) is 0 Å². The summed E-state index contributed by atoms with van der Waals surface area (Å²) in [4.78, 5) is 18.4. The summed E-state index contributed by atoms with van der Waals surface area (Å²) in [5.41, 5.74) is 3.13. The molecule has 3 aromatic heterocycles. The number of fused-ring (bicyclic) bond motifs is 1. The lowest BCUT2D eigenvalue weighted by Gasteiger charge is -1.98. The van der Waals surface area contributed by atoms with Crippen molar-refractivity contribution >= 4 is 28.0 Å². The lowest BCUT2D eigenvalue weighted by Crippen LogP contribution is -2.01. The molecule has 2 aromatic carbocycles. The molecule has 28 heavy (non-hydrogen) atoms. The maximum absolute atomic E-state index is 13.2. The van der Waals surface area contributed by atoms with Gasteiger partial charge >= 0.3 is 0 Å². The number of oxazole rings is 1. The molecule has 0 N–H and O–H groups in total. The van der Waals surface area contributed by atoms with Crippen LogP contribution in [0.4, 0.5) is 0 Å². The van der Waals surface area contributed by atoms with Crippen molar-refractivity contribution in [2.24, 2.45) is 7.05 Å². The van der Waals surface area contributed by atoms with Gasteiger partial charge in [0.1, 0.15) is 0 Å². The Bertz CT molecular complexity index is 1280. The van der Waals surface area contributed by atoms with Gasteiger partial charge in [-0.05, 0) is 29.6 Å². The highest BCUT2D eigenvalue weighted by Crippen LogP contribution is 2.36. The molecule has 0 amide bonds. The van der Waals surface area contributed by atoms with Gasteiger partial charge in [-0.1, -0.05) is 42.5 Å². The van der Waals surface area contributed by atoms with E-state index < -0.39 is 0 Å². The van der Waals surface area contributed by atoms with Crippen LogP contribution in [-0.4, -0.2) is 15.3 Å². The molecular weight excluding hydrogens is 368 g/mol. The standard InChI is InChI=1S/C23H16N2O2S/c1-25-14-17(16-10-5-6-11-18(16)25)22-20(21(26)19-12-7-13-28-19)24-23(27-22)15-8-3-2-4-9-15/h2-14H,1H3. The first-order valence-corrected chi connectivity index (χ1v) is 9.79. The Hall–Kier alpha value is -3.44. The molecule has 3 heterocycles. The molecule has 0 aliphatic carbocycles. The van der Waals surface area contributed by atoms with Crippen molar-refractivity contribution in [2.45, 2.75) is 0 Å². The van der Waals surface area contributed by atoms with Gasteiger partial charge < -0.3 is 8.98 Å². The first kappa shape index (κ1) is 16.7. The van der Waals surface area contributed by atoms with Gasteiger partial charge in [0, 0.05) is 35.3 Å². The Morgan fingerprint density at radius 1 is 1.00 bits per heavy atom. The van der Waals surface area contributed by atoms with Crippen molar-refractivity contribution in [1.29, 1.82) is 0 Å².